The Morgan fingerprint density at radius 1 is 1.02 bits per heavy atom. The van der Waals surface area contributed by atoms with E-state index in [9.17, 15) is 9.90 Å². The number of amides is 2. The minimum Gasteiger partial charge on any atom is -0.497 e. The summed E-state index contributed by atoms with van der Waals surface area (Å²) in [5, 5.41) is 19.8. The molecule has 53 heavy (non-hydrogen) atoms. The van der Waals surface area contributed by atoms with Gasteiger partial charge in [0.2, 0.25) is 5.91 Å². The molecule has 2 saturated heterocycles. The molecule has 4 heterocycles. The Bertz CT molecular complexity index is 1940. The molecule has 3 aliphatic heterocycles. The van der Waals surface area contributed by atoms with Crippen molar-refractivity contribution < 1.29 is 24.2 Å². The lowest BCUT2D eigenvalue weighted by molar-refractivity contribution is -0.146. The molecular weight excluding hydrogens is 706 g/mol. The number of carbonyl (C=O) groups is 2. The number of aryl methyl sites for hydroxylation is 1. The zero-order valence-electron chi connectivity index (χ0n) is 31.1. The van der Waals surface area contributed by atoms with Crippen LogP contribution in [0.5, 0.6) is 5.75 Å². The van der Waals surface area contributed by atoms with Crippen LogP contribution in [0.2, 0.25) is 23.7 Å². The van der Waals surface area contributed by atoms with Gasteiger partial charge in [-0.15, -0.1) is 5.10 Å². The number of anilines is 2. The monoisotopic (exact) mass is 755 g/mol. The van der Waals surface area contributed by atoms with Gasteiger partial charge in [-0.25, -0.2) is 0 Å². The number of hydrogen-bond acceptors (Lipinski definition) is 7. The summed E-state index contributed by atoms with van der Waals surface area (Å²) < 4.78 is 14.6. The van der Waals surface area contributed by atoms with Crippen LogP contribution < -0.4 is 19.7 Å². The molecule has 2 fully saturated rings. The van der Waals surface area contributed by atoms with E-state index in [0.29, 0.717) is 37.4 Å². The highest BCUT2D eigenvalue weighted by atomic mass is 35.5. The summed E-state index contributed by atoms with van der Waals surface area (Å²) in [5.41, 5.74) is 3.05. The molecule has 0 unspecified atom stereocenters. The number of rotatable bonds is 11. The Labute approximate surface area is 318 Å². The predicted octanol–water partition coefficient (Wildman–Crippen LogP) is 6.63. The third kappa shape index (κ3) is 7.04. The fraction of sp³-hybridized carbons (Fsp3) is 0.463. The number of hydrogen-bond donors (Lipinski definition) is 1. The Morgan fingerprint density at radius 3 is 2.51 bits per heavy atom. The number of nitrogens with zero attached hydrogens (tertiary/aromatic N) is 5. The van der Waals surface area contributed by atoms with Gasteiger partial charge in [-0.1, -0.05) is 79.1 Å². The molecule has 0 saturated carbocycles. The first kappa shape index (κ1) is 37.3. The normalized spacial score (nSPS) is 23.4. The lowest BCUT2D eigenvalue weighted by Crippen LogP contribution is -2.51. The van der Waals surface area contributed by atoms with Crippen molar-refractivity contribution in [1.29, 1.82) is 0 Å². The van der Waals surface area contributed by atoms with Crippen molar-refractivity contribution >= 4 is 48.1 Å². The Morgan fingerprint density at radius 2 is 1.77 bits per heavy atom. The van der Waals surface area contributed by atoms with E-state index < -0.39 is 13.7 Å². The number of carbonyl (C=O) groups excluding carboxylic acids is 2. The zero-order valence-corrected chi connectivity index (χ0v) is 32.9. The highest BCUT2D eigenvalue weighted by Crippen LogP contribution is 2.60. The van der Waals surface area contributed by atoms with Crippen LogP contribution in [-0.4, -0.2) is 66.4 Å². The molecule has 7 rings (SSSR count). The molecule has 0 aliphatic carbocycles. The van der Waals surface area contributed by atoms with Crippen LogP contribution in [0.4, 0.5) is 11.4 Å². The van der Waals surface area contributed by atoms with Crippen molar-refractivity contribution in [2.75, 3.05) is 30.1 Å². The average molecular weight is 756 g/mol. The molecule has 2 amide bonds. The van der Waals surface area contributed by atoms with Crippen molar-refractivity contribution in [3.8, 4) is 5.75 Å². The van der Waals surface area contributed by atoms with Crippen LogP contribution in [0.15, 0.2) is 72.9 Å². The molecule has 1 N–H and O–H groups in total. The van der Waals surface area contributed by atoms with Crippen molar-refractivity contribution in [2.24, 2.45) is 5.92 Å². The van der Waals surface area contributed by atoms with Crippen molar-refractivity contribution in [3.05, 3.63) is 94.8 Å². The largest absolute Gasteiger partial charge is 0.497 e. The first-order valence-corrected chi connectivity index (χ1v) is 22.4. The highest BCUT2D eigenvalue weighted by Gasteiger charge is 2.66. The molecule has 0 bridgehead atoms. The van der Waals surface area contributed by atoms with E-state index in [2.05, 4.69) is 42.5 Å². The van der Waals surface area contributed by atoms with E-state index in [-0.39, 0.29) is 36.0 Å². The first-order valence-electron chi connectivity index (χ1n) is 18.9. The predicted molar refractivity (Wildman–Crippen MR) is 210 cm³/mol. The number of ether oxygens (including phenoxy) is 2. The fourth-order valence-corrected chi connectivity index (χ4v) is 13.3. The molecule has 4 atom stereocenters. The topological polar surface area (TPSA) is 110 Å². The lowest BCUT2D eigenvalue weighted by Gasteiger charge is -2.37. The van der Waals surface area contributed by atoms with Gasteiger partial charge in [0.25, 0.3) is 5.91 Å². The molecule has 1 aromatic heterocycles. The second-order valence-electron chi connectivity index (χ2n) is 15.3. The summed E-state index contributed by atoms with van der Waals surface area (Å²) in [6, 6.07) is 22.1. The summed E-state index contributed by atoms with van der Waals surface area (Å²) >= 11 is 6.71. The van der Waals surface area contributed by atoms with Crippen molar-refractivity contribution in [2.45, 2.75) is 95.3 Å². The van der Waals surface area contributed by atoms with E-state index >= 15 is 4.79 Å². The number of aliphatic hydroxyl groups excluding tert-OH is 1. The molecule has 3 aliphatic rings. The van der Waals surface area contributed by atoms with Crippen molar-refractivity contribution in [1.82, 2.24) is 15.0 Å². The Hall–Kier alpha value is -4.03. The number of methoxy groups -OCH3 is 1. The quantitative estimate of drug-likeness (QED) is 0.171. The van der Waals surface area contributed by atoms with Crippen molar-refractivity contribution in [3.63, 3.8) is 0 Å². The second-order valence-corrected chi connectivity index (χ2v) is 20.4. The van der Waals surface area contributed by atoms with Crippen LogP contribution in [0.25, 0.3) is 0 Å². The molecular formula is C41H50ClN5O5Si. The minimum atomic E-state index is -2.34. The van der Waals surface area contributed by atoms with E-state index in [1.54, 1.807) is 11.8 Å². The maximum atomic E-state index is 15.2. The summed E-state index contributed by atoms with van der Waals surface area (Å²) in [5.74, 6) is 0.723. The van der Waals surface area contributed by atoms with Crippen LogP contribution >= 0.6 is 11.6 Å². The van der Waals surface area contributed by atoms with Gasteiger partial charge in [0, 0.05) is 60.9 Å². The van der Waals surface area contributed by atoms with Gasteiger partial charge in [0.1, 0.15) is 5.75 Å². The second kappa shape index (κ2) is 15.4. The average Bonchev–Trinajstić information content (AvgIpc) is 3.79. The maximum Gasteiger partial charge on any atom is 0.264 e. The smallest absolute Gasteiger partial charge is 0.264 e. The van der Waals surface area contributed by atoms with Gasteiger partial charge >= 0.3 is 0 Å². The van der Waals surface area contributed by atoms with E-state index in [0.717, 1.165) is 66.2 Å². The number of fused-ring (bicyclic) bond motifs is 2. The zero-order chi connectivity index (χ0) is 37.3. The number of aromatic nitrogens is 3. The number of halogens is 1. The van der Waals surface area contributed by atoms with Gasteiger partial charge in [0.15, 0.2) is 5.60 Å². The Kier molecular flexibility index (Phi) is 10.8. The molecule has 10 nitrogen and oxygen atoms in total. The molecule has 4 aromatic rings. The summed E-state index contributed by atoms with van der Waals surface area (Å²) in [6.45, 7) is 8.58. The van der Waals surface area contributed by atoms with Gasteiger partial charge in [-0.05, 0) is 72.8 Å². The molecule has 3 aromatic carbocycles. The summed E-state index contributed by atoms with van der Waals surface area (Å²) in [4.78, 5) is 31.9. The van der Waals surface area contributed by atoms with Crippen LogP contribution in [0.1, 0.15) is 62.3 Å². The van der Waals surface area contributed by atoms with Gasteiger partial charge in [-0.3, -0.25) is 14.3 Å². The van der Waals surface area contributed by atoms with E-state index in [1.165, 1.54) is 5.19 Å². The molecule has 0 radical (unpaired) electrons. The molecule has 1 spiro atoms. The van der Waals surface area contributed by atoms with Crippen LogP contribution in [-0.2, 0) is 39.4 Å². The third-order valence-electron chi connectivity index (χ3n) is 11.8. The third-order valence-corrected chi connectivity index (χ3v) is 16.4. The standard InChI is InChI=1S/C41H50ClN5O5Si/c1-28-39(53(3,4)34-17-15-33(51-2)16-18-34)37(20-23-45-27-31(21-24-48)43-44-45)52-41(28)35-25-30(42)12-19-36(35)47(40(41)50)26-29-10-13-32(14-11-29)46-22-8-6-5-7-9-38(46)49/h10-19,25,27-28,37,39,48H,5-9,20-24,26H2,1-4H3/t28-,37+,39-,41+/m1/s1. The Balaban J connectivity index is 1.22. The van der Waals surface area contributed by atoms with E-state index in [4.69, 9.17) is 21.1 Å². The highest BCUT2D eigenvalue weighted by molar-refractivity contribution is 6.91. The van der Waals surface area contributed by atoms with Gasteiger partial charge < -0.3 is 24.4 Å². The number of benzene rings is 3. The van der Waals surface area contributed by atoms with Crippen LogP contribution in [0, 0.1) is 5.92 Å². The van der Waals surface area contributed by atoms with E-state index in [1.807, 2.05) is 70.6 Å². The maximum absolute atomic E-state index is 15.2. The summed E-state index contributed by atoms with van der Waals surface area (Å²) in [6.07, 6.45) is 7.44. The fourth-order valence-electron chi connectivity index (χ4n) is 9.05. The SMILES string of the molecule is COc1ccc([Si](C)(C)[C@H]2[C@H](CCn3cc(CCO)nn3)O[C@@]3(C(=O)N(Cc4ccc(N5CCCCCCC5=O)cc4)c4ccc(Cl)cc43)[C@@H]2C)cc1. The number of aliphatic hydroxyl groups is 1. The van der Waals surface area contributed by atoms with Gasteiger partial charge in [0.05, 0.1) is 39.2 Å². The van der Waals surface area contributed by atoms with Gasteiger partial charge in [-0.2, -0.15) is 0 Å². The lowest BCUT2D eigenvalue weighted by atomic mass is 9.82. The summed E-state index contributed by atoms with van der Waals surface area (Å²) in [7, 11) is -0.665. The molecule has 12 heteroatoms. The van der Waals surface area contributed by atoms with Crippen LogP contribution in [0.3, 0.4) is 0 Å². The minimum absolute atomic E-state index is 0.0109. The molecule has 280 valence electrons. The first-order chi connectivity index (χ1) is 25.6.